The molecule has 2 aliphatic heterocycles. The van der Waals surface area contributed by atoms with Crippen molar-refractivity contribution < 1.29 is 23.9 Å². The van der Waals surface area contributed by atoms with Crippen molar-refractivity contribution in [3.05, 3.63) is 65.2 Å². The lowest BCUT2D eigenvalue weighted by Crippen LogP contribution is -2.60. The topological polar surface area (TPSA) is 88.2 Å². The molecule has 36 heavy (non-hydrogen) atoms. The molecule has 0 bridgehead atoms. The minimum atomic E-state index is -0.937. The Morgan fingerprint density at radius 1 is 1.08 bits per heavy atom. The number of amides is 3. The molecule has 2 fully saturated rings. The first kappa shape index (κ1) is 25.7. The molecule has 0 aliphatic carbocycles. The normalized spacial score (nSPS) is 19.7. The Kier molecular flexibility index (Phi) is 7.64. The smallest absolute Gasteiger partial charge is 0.257 e. The first-order valence-electron chi connectivity index (χ1n) is 12.6. The van der Waals surface area contributed by atoms with Crippen molar-refractivity contribution in [3.63, 3.8) is 0 Å². The van der Waals surface area contributed by atoms with Crippen LogP contribution in [-0.4, -0.2) is 72.1 Å². The van der Waals surface area contributed by atoms with Gasteiger partial charge in [0.25, 0.3) is 11.8 Å². The number of methoxy groups -OCH3 is 1. The standard InChI is InChI=1S/C28H35N3O5/c1-5-20(3)29-25(32)24-18-36-28(31(24)27(34)23-9-7-6-8-19(23)2)14-16-30(17-15-28)26(33)21-10-12-22(35-4)13-11-21/h6-13,20,24H,5,14-18H2,1-4H3,(H,29,32). The zero-order chi connectivity index (χ0) is 25.9. The summed E-state index contributed by atoms with van der Waals surface area (Å²) in [4.78, 5) is 43.6. The van der Waals surface area contributed by atoms with E-state index in [9.17, 15) is 14.4 Å². The number of likely N-dealkylation sites (tertiary alicyclic amines) is 1. The second-order valence-electron chi connectivity index (χ2n) is 9.60. The van der Waals surface area contributed by atoms with Gasteiger partial charge in [-0.25, -0.2) is 0 Å². The van der Waals surface area contributed by atoms with Gasteiger partial charge in [0, 0.05) is 43.1 Å². The van der Waals surface area contributed by atoms with E-state index in [1.165, 1.54) is 0 Å². The van der Waals surface area contributed by atoms with E-state index in [0.717, 1.165) is 12.0 Å². The number of aryl methyl sites for hydroxylation is 1. The highest BCUT2D eigenvalue weighted by molar-refractivity contribution is 5.99. The molecule has 2 atom stereocenters. The maximum Gasteiger partial charge on any atom is 0.257 e. The second kappa shape index (κ2) is 10.7. The maximum atomic E-state index is 13.9. The van der Waals surface area contributed by atoms with Crippen LogP contribution in [0.3, 0.4) is 0 Å². The summed E-state index contributed by atoms with van der Waals surface area (Å²) in [5.74, 6) is 0.189. The Bertz CT molecular complexity index is 1110. The number of piperidine rings is 1. The minimum Gasteiger partial charge on any atom is -0.497 e. The quantitative estimate of drug-likeness (QED) is 0.667. The molecule has 3 amide bonds. The van der Waals surface area contributed by atoms with E-state index >= 15 is 0 Å². The van der Waals surface area contributed by atoms with Crippen LogP contribution in [0, 0.1) is 6.92 Å². The number of benzene rings is 2. The van der Waals surface area contributed by atoms with Crippen molar-refractivity contribution in [2.24, 2.45) is 0 Å². The number of hydrogen-bond acceptors (Lipinski definition) is 5. The summed E-state index contributed by atoms with van der Waals surface area (Å²) in [6.45, 7) is 6.81. The van der Waals surface area contributed by atoms with E-state index in [2.05, 4.69) is 5.32 Å². The van der Waals surface area contributed by atoms with Gasteiger partial charge in [-0.2, -0.15) is 0 Å². The molecule has 1 N–H and O–H groups in total. The molecule has 2 saturated heterocycles. The average Bonchev–Trinajstić information content (AvgIpc) is 3.27. The molecule has 1 spiro atoms. The predicted molar refractivity (Wildman–Crippen MR) is 136 cm³/mol. The SMILES string of the molecule is CCC(C)NC(=O)C1COC2(CCN(C(=O)c3ccc(OC)cc3)CC2)N1C(=O)c1ccccc1C. The zero-order valence-electron chi connectivity index (χ0n) is 21.5. The van der Waals surface area contributed by atoms with E-state index in [1.807, 2.05) is 39.0 Å². The maximum absolute atomic E-state index is 13.9. The highest BCUT2D eigenvalue weighted by atomic mass is 16.5. The number of carbonyl (C=O) groups excluding carboxylic acids is 3. The highest BCUT2D eigenvalue weighted by Gasteiger charge is 2.54. The van der Waals surface area contributed by atoms with Gasteiger partial charge in [0.1, 0.15) is 17.5 Å². The summed E-state index contributed by atoms with van der Waals surface area (Å²) < 4.78 is 11.5. The lowest BCUT2D eigenvalue weighted by Gasteiger charge is -2.44. The molecule has 2 unspecified atom stereocenters. The molecule has 4 rings (SSSR count). The van der Waals surface area contributed by atoms with Crippen molar-refractivity contribution in [2.45, 2.75) is 57.8 Å². The van der Waals surface area contributed by atoms with Gasteiger partial charge < -0.3 is 19.7 Å². The van der Waals surface area contributed by atoms with Gasteiger partial charge in [0.15, 0.2) is 0 Å². The minimum absolute atomic E-state index is 0.00608. The number of hydrogen-bond donors (Lipinski definition) is 1. The van der Waals surface area contributed by atoms with E-state index in [4.69, 9.17) is 9.47 Å². The lowest BCUT2D eigenvalue weighted by molar-refractivity contribution is -0.128. The van der Waals surface area contributed by atoms with Crippen LogP contribution in [0.1, 0.15) is 59.4 Å². The Hall–Kier alpha value is -3.39. The van der Waals surface area contributed by atoms with Crippen LogP contribution in [0.5, 0.6) is 5.75 Å². The van der Waals surface area contributed by atoms with E-state index in [-0.39, 0.29) is 30.4 Å². The molecule has 2 heterocycles. The summed E-state index contributed by atoms with van der Waals surface area (Å²) in [5, 5.41) is 3.01. The van der Waals surface area contributed by atoms with Crippen LogP contribution in [0.15, 0.2) is 48.5 Å². The van der Waals surface area contributed by atoms with Crippen molar-refractivity contribution in [3.8, 4) is 5.75 Å². The van der Waals surface area contributed by atoms with Crippen molar-refractivity contribution in [2.75, 3.05) is 26.8 Å². The number of carbonyl (C=O) groups is 3. The van der Waals surface area contributed by atoms with Gasteiger partial charge >= 0.3 is 0 Å². The highest BCUT2D eigenvalue weighted by Crippen LogP contribution is 2.39. The van der Waals surface area contributed by atoms with Crippen LogP contribution < -0.4 is 10.1 Å². The molecule has 0 saturated carbocycles. The van der Waals surface area contributed by atoms with Crippen LogP contribution in [-0.2, 0) is 9.53 Å². The van der Waals surface area contributed by atoms with E-state index in [0.29, 0.717) is 42.8 Å². The number of ether oxygens (including phenoxy) is 2. The first-order chi connectivity index (χ1) is 17.3. The Morgan fingerprint density at radius 2 is 1.75 bits per heavy atom. The monoisotopic (exact) mass is 493 g/mol. The van der Waals surface area contributed by atoms with Gasteiger partial charge in [-0.15, -0.1) is 0 Å². The van der Waals surface area contributed by atoms with E-state index in [1.54, 1.807) is 47.2 Å². The summed E-state index contributed by atoms with van der Waals surface area (Å²) in [7, 11) is 1.59. The third-order valence-electron chi connectivity index (χ3n) is 7.33. The van der Waals surface area contributed by atoms with Crippen LogP contribution >= 0.6 is 0 Å². The van der Waals surface area contributed by atoms with E-state index < -0.39 is 11.8 Å². The molecule has 8 heteroatoms. The molecule has 0 aromatic heterocycles. The third kappa shape index (κ3) is 4.95. The molecule has 8 nitrogen and oxygen atoms in total. The van der Waals surface area contributed by atoms with Crippen LogP contribution in [0.25, 0.3) is 0 Å². The fourth-order valence-electron chi connectivity index (χ4n) is 4.93. The fourth-order valence-corrected chi connectivity index (χ4v) is 4.93. The van der Waals surface area contributed by atoms with Gasteiger partial charge in [-0.05, 0) is 56.2 Å². The number of nitrogens with zero attached hydrogens (tertiary/aromatic N) is 2. The van der Waals surface area contributed by atoms with Gasteiger partial charge in [0.2, 0.25) is 5.91 Å². The van der Waals surface area contributed by atoms with Crippen LogP contribution in [0.2, 0.25) is 0 Å². The third-order valence-corrected chi connectivity index (χ3v) is 7.33. The van der Waals surface area contributed by atoms with Crippen LogP contribution in [0.4, 0.5) is 0 Å². The largest absolute Gasteiger partial charge is 0.497 e. The fraction of sp³-hybridized carbons (Fsp3) is 0.464. The van der Waals surface area contributed by atoms with Crippen molar-refractivity contribution >= 4 is 17.7 Å². The lowest BCUT2D eigenvalue weighted by atomic mass is 9.95. The Labute approximate surface area is 212 Å². The summed E-state index contributed by atoms with van der Waals surface area (Å²) in [6, 6.07) is 13.7. The molecule has 0 radical (unpaired) electrons. The number of nitrogens with one attached hydrogen (secondary N) is 1. The second-order valence-corrected chi connectivity index (χ2v) is 9.60. The van der Waals surface area contributed by atoms with Gasteiger partial charge in [-0.1, -0.05) is 25.1 Å². The summed E-state index contributed by atoms with van der Waals surface area (Å²) in [6.07, 6.45) is 1.65. The Morgan fingerprint density at radius 3 is 2.36 bits per heavy atom. The Balaban J connectivity index is 1.57. The van der Waals surface area contributed by atoms with Crippen molar-refractivity contribution in [1.82, 2.24) is 15.1 Å². The molecule has 192 valence electrons. The molecule has 2 aliphatic rings. The van der Waals surface area contributed by atoms with Gasteiger partial charge in [-0.3, -0.25) is 19.3 Å². The van der Waals surface area contributed by atoms with Gasteiger partial charge in [0.05, 0.1) is 13.7 Å². The first-order valence-corrected chi connectivity index (χ1v) is 12.6. The molecule has 2 aromatic carbocycles. The van der Waals surface area contributed by atoms with Crippen molar-refractivity contribution in [1.29, 1.82) is 0 Å². The number of rotatable bonds is 6. The summed E-state index contributed by atoms with van der Waals surface area (Å²) >= 11 is 0. The molecular weight excluding hydrogens is 458 g/mol. The zero-order valence-corrected chi connectivity index (χ0v) is 21.5. The molecule has 2 aromatic rings. The average molecular weight is 494 g/mol. The molecular formula is C28H35N3O5. The predicted octanol–water partition coefficient (Wildman–Crippen LogP) is 3.39. The summed E-state index contributed by atoms with van der Waals surface area (Å²) in [5.41, 5.74) is 1.05.